The molecule has 1 aromatic rings. The molecule has 0 radical (unpaired) electrons. The molecule has 19 heavy (non-hydrogen) atoms. The summed E-state index contributed by atoms with van der Waals surface area (Å²) >= 11 is 9.24. The first-order valence-corrected chi connectivity index (χ1v) is 6.87. The van der Waals surface area contributed by atoms with Gasteiger partial charge in [0, 0.05) is 29.5 Å². The van der Waals surface area contributed by atoms with Gasteiger partial charge in [-0.3, -0.25) is 4.79 Å². The van der Waals surface area contributed by atoms with Crippen molar-refractivity contribution in [2.24, 2.45) is 10.9 Å². The molecule has 0 aliphatic rings. The Balaban J connectivity index is 2.80. The van der Waals surface area contributed by atoms with Gasteiger partial charge in [0.2, 0.25) is 0 Å². The Labute approximate surface area is 125 Å². The van der Waals surface area contributed by atoms with E-state index in [0.29, 0.717) is 30.1 Å². The van der Waals surface area contributed by atoms with Gasteiger partial charge in [-0.1, -0.05) is 16.8 Å². The molecule has 0 bridgehead atoms. The summed E-state index contributed by atoms with van der Waals surface area (Å²) in [6.45, 7) is 2.79. The molecule has 0 fully saturated rings. The van der Waals surface area contributed by atoms with Crippen molar-refractivity contribution in [1.82, 2.24) is 4.90 Å². The highest BCUT2D eigenvalue weighted by atomic mass is 79.9. The van der Waals surface area contributed by atoms with E-state index < -0.39 is 0 Å². The van der Waals surface area contributed by atoms with Gasteiger partial charge in [0.15, 0.2) is 0 Å². The first-order valence-electron chi connectivity index (χ1n) is 5.70. The lowest BCUT2D eigenvalue weighted by molar-refractivity contribution is 0.0768. The molecule has 0 saturated carbocycles. The Morgan fingerprint density at radius 2 is 2.26 bits per heavy atom. The minimum Gasteiger partial charge on any atom is -0.409 e. The Bertz CT molecular complexity index is 494. The molecule has 1 rings (SSSR count). The van der Waals surface area contributed by atoms with E-state index in [9.17, 15) is 4.79 Å². The summed E-state index contributed by atoms with van der Waals surface area (Å²) in [5.41, 5.74) is 5.90. The number of amides is 1. The average Bonchev–Trinajstić information content (AvgIpc) is 2.41. The van der Waals surface area contributed by atoms with E-state index in [0.717, 1.165) is 4.47 Å². The number of hydrogen-bond donors (Lipinski definition) is 2. The number of halogens is 2. The van der Waals surface area contributed by atoms with Crippen LogP contribution in [0.15, 0.2) is 27.8 Å². The summed E-state index contributed by atoms with van der Waals surface area (Å²) in [4.78, 5) is 13.9. The number of carbonyl (C=O) groups excluding carboxylic acids is 1. The zero-order valence-corrected chi connectivity index (χ0v) is 12.8. The molecular weight excluding hydrogens is 334 g/mol. The monoisotopic (exact) mass is 347 g/mol. The van der Waals surface area contributed by atoms with Crippen LogP contribution in [0.4, 0.5) is 0 Å². The smallest absolute Gasteiger partial charge is 0.253 e. The molecule has 0 atom stereocenters. The normalized spacial score (nSPS) is 11.4. The van der Waals surface area contributed by atoms with Crippen molar-refractivity contribution in [3.63, 3.8) is 0 Å². The van der Waals surface area contributed by atoms with Crippen LogP contribution in [-0.2, 0) is 0 Å². The lowest BCUT2D eigenvalue weighted by Gasteiger charge is -2.20. The van der Waals surface area contributed by atoms with Gasteiger partial charge >= 0.3 is 0 Å². The number of amidine groups is 1. The van der Waals surface area contributed by atoms with Gasteiger partial charge in [-0.15, -0.1) is 0 Å². The van der Waals surface area contributed by atoms with Crippen molar-refractivity contribution in [2.45, 2.75) is 13.3 Å². The molecule has 1 aromatic carbocycles. The molecule has 5 nitrogen and oxygen atoms in total. The zero-order chi connectivity index (χ0) is 14.4. The van der Waals surface area contributed by atoms with Crippen molar-refractivity contribution >= 4 is 39.3 Å². The lowest BCUT2D eigenvalue weighted by Crippen LogP contribution is -2.33. The van der Waals surface area contributed by atoms with E-state index in [1.807, 2.05) is 6.92 Å². The fraction of sp³-hybridized carbons (Fsp3) is 0.333. The number of carbonyl (C=O) groups is 1. The molecule has 0 unspecified atom stereocenters. The molecule has 0 aromatic heterocycles. The van der Waals surface area contributed by atoms with Crippen LogP contribution in [-0.4, -0.2) is 34.9 Å². The molecule has 0 aliphatic heterocycles. The SMILES string of the molecule is CCN(CC/C(N)=N/O)C(=O)c1ccc(Br)c(Cl)c1. The Morgan fingerprint density at radius 1 is 1.58 bits per heavy atom. The number of benzene rings is 1. The maximum Gasteiger partial charge on any atom is 0.253 e. The molecule has 1 amide bonds. The van der Waals surface area contributed by atoms with Gasteiger partial charge in [0.25, 0.3) is 5.91 Å². The van der Waals surface area contributed by atoms with Gasteiger partial charge in [0.1, 0.15) is 5.84 Å². The zero-order valence-electron chi connectivity index (χ0n) is 10.4. The summed E-state index contributed by atoms with van der Waals surface area (Å²) in [6, 6.07) is 5.04. The Kier molecular flexibility index (Phi) is 6.11. The van der Waals surface area contributed by atoms with E-state index in [2.05, 4.69) is 21.1 Å². The number of hydrogen-bond acceptors (Lipinski definition) is 3. The van der Waals surface area contributed by atoms with E-state index in [4.69, 9.17) is 22.5 Å². The first-order chi connectivity index (χ1) is 8.99. The molecule has 7 heteroatoms. The second-order valence-electron chi connectivity index (χ2n) is 3.86. The van der Waals surface area contributed by atoms with Crippen LogP contribution in [0.5, 0.6) is 0 Å². The number of oxime groups is 1. The molecular formula is C12H15BrClN3O2. The quantitative estimate of drug-likeness (QED) is 0.372. The molecule has 0 saturated heterocycles. The number of nitrogens with zero attached hydrogens (tertiary/aromatic N) is 2. The highest BCUT2D eigenvalue weighted by Crippen LogP contribution is 2.23. The van der Waals surface area contributed by atoms with Gasteiger partial charge in [0.05, 0.1) is 5.02 Å². The Morgan fingerprint density at radius 3 is 2.79 bits per heavy atom. The van der Waals surface area contributed by atoms with Gasteiger partial charge in [-0.05, 0) is 41.1 Å². The highest BCUT2D eigenvalue weighted by molar-refractivity contribution is 9.10. The van der Waals surface area contributed by atoms with Crippen LogP contribution in [0.2, 0.25) is 5.02 Å². The first kappa shape index (κ1) is 15.8. The summed E-state index contributed by atoms with van der Waals surface area (Å²) in [5, 5.41) is 11.8. The van der Waals surface area contributed by atoms with Gasteiger partial charge < -0.3 is 15.8 Å². The minimum absolute atomic E-state index is 0.0973. The van der Waals surface area contributed by atoms with Gasteiger partial charge in [-0.25, -0.2) is 0 Å². The van der Waals surface area contributed by atoms with E-state index in [1.165, 1.54) is 0 Å². The summed E-state index contributed by atoms with van der Waals surface area (Å²) in [5.74, 6) is -0.0391. The van der Waals surface area contributed by atoms with Crippen molar-refractivity contribution < 1.29 is 10.0 Å². The second-order valence-corrected chi connectivity index (χ2v) is 5.12. The summed E-state index contributed by atoms with van der Waals surface area (Å²) < 4.78 is 0.741. The van der Waals surface area contributed by atoms with Crippen molar-refractivity contribution in [3.8, 4) is 0 Å². The summed E-state index contributed by atoms with van der Waals surface area (Å²) in [6.07, 6.45) is 0.320. The van der Waals surface area contributed by atoms with E-state index >= 15 is 0 Å². The van der Waals surface area contributed by atoms with Crippen LogP contribution in [0, 0.1) is 0 Å². The van der Waals surface area contributed by atoms with E-state index in [1.54, 1.807) is 23.1 Å². The Hall–Kier alpha value is -1.27. The third-order valence-corrected chi connectivity index (χ3v) is 3.83. The molecule has 3 N–H and O–H groups in total. The predicted molar refractivity (Wildman–Crippen MR) is 78.8 cm³/mol. The molecule has 0 spiro atoms. The fourth-order valence-electron chi connectivity index (χ4n) is 1.51. The second kappa shape index (κ2) is 7.35. The topological polar surface area (TPSA) is 78.9 Å². The maximum absolute atomic E-state index is 12.2. The van der Waals surface area contributed by atoms with Crippen LogP contribution in [0.25, 0.3) is 0 Å². The lowest BCUT2D eigenvalue weighted by atomic mass is 10.2. The van der Waals surface area contributed by atoms with Crippen LogP contribution in [0.1, 0.15) is 23.7 Å². The third kappa shape index (κ3) is 4.40. The predicted octanol–water partition coefficient (Wildman–Crippen LogP) is 2.70. The van der Waals surface area contributed by atoms with E-state index in [-0.39, 0.29) is 11.7 Å². The number of rotatable bonds is 5. The standard InChI is InChI=1S/C12H15BrClN3O2/c1-2-17(6-5-11(15)16-19)12(18)8-3-4-9(13)10(14)7-8/h3-4,7,19H,2,5-6H2,1H3,(H2,15,16). The van der Waals surface area contributed by atoms with Crippen LogP contribution >= 0.6 is 27.5 Å². The average molecular weight is 349 g/mol. The van der Waals surface area contributed by atoms with Crippen molar-refractivity contribution in [3.05, 3.63) is 33.3 Å². The molecule has 0 aliphatic carbocycles. The van der Waals surface area contributed by atoms with Crippen LogP contribution in [0.3, 0.4) is 0 Å². The molecule has 0 heterocycles. The van der Waals surface area contributed by atoms with Crippen molar-refractivity contribution in [1.29, 1.82) is 0 Å². The highest BCUT2D eigenvalue weighted by Gasteiger charge is 2.15. The van der Waals surface area contributed by atoms with Crippen LogP contribution < -0.4 is 5.73 Å². The van der Waals surface area contributed by atoms with Crippen molar-refractivity contribution in [2.75, 3.05) is 13.1 Å². The maximum atomic E-state index is 12.2. The number of nitrogens with two attached hydrogens (primary N) is 1. The third-order valence-electron chi connectivity index (χ3n) is 2.60. The van der Waals surface area contributed by atoms with Gasteiger partial charge in [-0.2, -0.15) is 0 Å². The molecule has 104 valence electrons. The largest absolute Gasteiger partial charge is 0.409 e. The minimum atomic E-state index is -0.136. The fourth-order valence-corrected chi connectivity index (χ4v) is 1.94. The summed E-state index contributed by atoms with van der Waals surface area (Å²) in [7, 11) is 0.